The maximum atomic E-state index is 11.9. The molecule has 1 aliphatic rings. The molecular formula is C17H15N3O4. The lowest BCUT2D eigenvalue weighted by Crippen LogP contribution is -2.25. The van der Waals surface area contributed by atoms with Crippen LogP contribution in [-0.4, -0.2) is 21.7 Å². The average Bonchev–Trinajstić information content (AvgIpc) is 3.00. The molecule has 24 heavy (non-hydrogen) atoms. The Hall–Kier alpha value is -3.22. The first-order valence-corrected chi connectivity index (χ1v) is 7.33. The summed E-state index contributed by atoms with van der Waals surface area (Å²) in [6.45, 7) is 3.35. The van der Waals surface area contributed by atoms with Gasteiger partial charge in [0.1, 0.15) is 0 Å². The van der Waals surface area contributed by atoms with E-state index in [1.807, 2.05) is 31.2 Å². The SMILES string of the molecule is CC(=O)N1N=C(c2ccc([N+](=O)[O-])cc2)O[C@H]1c1ccccc1C. The van der Waals surface area contributed by atoms with Gasteiger partial charge in [0.2, 0.25) is 18.0 Å². The molecule has 2 aromatic rings. The molecule has 0 spiro atoms. The molecule has 0 saturated carbocycles. The Labute approximate surface area is 138 Å². The fourth-order valence-corrected chi connectivity index (χ4v) is 2.48. The summed E-state index contributed by atoms with van der Waals surface area (Å²) in [4.78, 5) is 22.2. The van der Waals surface area contributed by atoms with Crippen molar-refractivity contribution in [2.75, 3.05) is 0 Å². The van der Waals surface area contributed by atoms with Gasteiger partial charge in [0.05, 0.1) is 4.92 Å². The molecule has 122 valence electrons. The lowest BCUT2D eigenvalue weighted by molar-refractivity contribution is -0.384. The van der Waals surface area contributed by atoms with Crippen molar-refractivity contribution in [3.63, 3.8) is 0 Å². The molecule has 1 atom stereocenters. The van der Waals surface area contributed by atoms with Crippen molar-refractivity contribution >= 4 is 17.5 Å². The Morgan fingerprint density at radius 1 is 1.21 bits per heavy atom. The second kappa shape index (κ2) is 6.11. The summed E-state index contributed by atoms with van der Waals surface area (Å²) < 4.78 is 5.87. The maximum Gasteiger partial charge on any atom is 0.269 e. The third-order valence-electron chi connectivity index (χ3n) is 3.75. The van der Waals surface area contributed by atoms with Crippen LogP contribution in [0.3, 0.4) is 0 Å². The summed E-state index contributed by atoms with van der Waals surface area (Å²) >= 11 is 0. The molecule has 3 rings (SSSR count). The van der Waals surface area contributed by atoms with E-state index in [1.54, 1.807) is 12.1 Å². The molecule has 0 bridgehead atoms. The standard InChI is InChI=1S/C17H15N3O4/c1-11-5-3-4-6-15(11)17-19(12(2)21)18-16(24-17)13-7-9-14(10-8-13)20(22)23/h3-10,17H,1-2H3/t17-/m0/s1. The van der Waals surface area contributed by atoms with Crippen LogP contribution in [0, 0.1) is 17.0 Å². The van der Waals surface area contributed by atoms with Gasteiger partial charge in [0.15, 0.2) is 0 Å². The third-order valence-corrected chi connectivity index (χ3v) is 3.75. The monoisotopic (exact) mass is 325 g/mol. The smallest absolute Gasteiger partial charge is 0.269 e. The lowest BCUT2D eigenvalue weighted by atomic mass is 10.1. The molecule has 0 unspecified atom stereocenters. The van der Waals surface area contributed by atoms with Gasteiger partial charge in [-0.2, -0.15) is 5.01 Å². The van der Waals surface area contributed by atoms with Gasteiger partial charge in [0, 0.05) is 30.2 Å². The zero-order valence-corrected chi connectivity index (χ0v) is 13.2. The van der Waals surface area contributed by atoms with E-state index in [0.29, 0.717) is 5.56 Å². The number of aryl methyl sites for hydroxylation is 1. The van der Waals surface area contributed by atoms with Crippen LogP contribution in [0.1, 0.15) is 29.8 Å². The number of amides is 1. The van der Waals surface area contributed by atoms with Gasteiger partial charge >= 0.3 is 0 Å². The number of non-ortho nitro benzene ring substituents is 1. The van der Waals surface area contributed by atoms with E-state index in [0.717, 1.165) is 11.1 Å². The Kier molecular flexibility index (Phi) is 3.99. The number of carbonyl (C=O) groups is 1. The summed E-state index contributed by atoms with van der Waals surface area (Å²) in [7, 11) is 0. The quantitative estimate of drug-likeness (QED) is 0.641. The summed E-state index contributed by atoms with van der Waals surface area (Å²) in [5.74, 6) is 0.00788. The normalized spacial score (nSPS) is 16.5. The van der Waals surface area contributed by atoms with Crippen molar-refractivity contribution in [3.8, 4) is 0 Å². The molecule has 0 radical (unpaired) electrons. The van der Waals surface area contributed by atoms with Gasteiger partial charge in [-0.25, -0.2) is 0 Å². The highest BCUT2D eigenvalue weighted by atomic mass is 16.6. The van der Waals surface area contributed by atoms with Crippen LogP contribution in [0.25, 0.3) is 0 Å². The fraction of sp³-hybridized carbons (Fsp3) is 0.176. The lowest BCUT2D eigenvalue weighted by Gasteiger charge is -2.20. The maximum absolute atomic E-state index is 11.9. The minimum atomic E-state index is -0.645. The number of ether oxygens (including phenoxy) is 1. The highest BCUT2D eigenvalue weighted by Gasteiger charge is 2.33. The topological polar surface area (TPSA) is 85.0 Å². The average molecular weight is 325 g/mol. The van der Waals surface area contributed by atoms with Crippen molar-refractivity contribution in [2.45, 2.75) is 20.1 Å². The molecular weight excluding hydrogens is 310 g/mol. The van der Waals surface area contributed by atoms with E-state index in [4.69, 9.17) is 4.74 Å². The van der Waals surface area contributed by atoms with Gasteiger partial charge in [-0.15, -0.1) is 5.10 Å². The number of benzene rings is 2. The Bertz CT molecular complexity index is 830. The largest absolute Gasteiger partial charge is 0.446 e. The summed E-state index contributed by atoms with van der Waals surface area (Å²) in [5, 5.41) is 16.3. The molecule has 0 N–H and O–H groups in total. The van der Waals surface area contributed by atoms with E-state index in [9.17, 15) is 14.9 Å². The fourth-order valence-electron chi connectivity index (χ4n) is 2.48. The zero-order chi connectivity index (χ0) is 17.3. The first-order chi connectivity index (χ1) is 11.5. The molecule has 0 fully saturated rings. The van der Waals surface area contributed by atoms with Crippen molar-refractivity contribution < 1.29 is 14.5 Å². The highest BCUT2D eigenvalue weighted by Crippen LogP contribution is 2.32. The summed E-state index contributed by atoms with van der Waals surface area (Å²) in [6, 6.07) is 13.4. The van der Waals surface area contributed by atoms with E-state index < -0.39 is 11.2 Å². The number of nitrogens with zero attached hydrogens (tertiary/aromatic N) is 3. The molecule has 0 saturated heterocycles. The van der Waals surface area contributed by atoms with Gasteiger partial charge in [-0.3, -0.25) is 14.9 Å². The highest BCUT2D eigenvalue weighted by molar-refractivity contribution is 5.96. The van der Waals surface area contributed by atoms with E-state index in [-0.39, 0.29) is 17.5 Å². The number of rotatable bonds is 3. The molecule has 7 nitrogen and oxygen atoms in total. The molecule has 2 aromatic carbocycles. The first-order valence-electron chi connectivity index (χ1n) is 7.33. The molecule has 1 heterocycles. The van der Waals surface area contributed by atoms with Crippen LogP contribution in [0.2, 0.25) is 0 Å². The number of nitro benzene ring substituents is 1. The predicted octanol–water partition coefficient (Wildman–Crippen LogP) is 3.14. The number of hydrogen-bond acceptors (Lipinski definition) is 5. The van der Waals surface area contributed by atoms with Crippen molar-refractivity contribution in [1.29, 1.82) is 0 Å². The van der Waals surface area contributed by atoms with Crippen molar-refractivity contribution in [1.82, 2.24) is 5.01 Å². The molecule has 0 aliphatic carbocycles. The Morgan fingerprint density at radius 3 is 2.46 bits per heavy atom. The third kappa shape index (κ3) is 2.83. The Morgan fingerprint density at radius 2 is 1.88 bits per heavy atom. The van der Waals surface area contributed by atoms with Gasteiger partial charge in [0.25, 0.3) is 5.69 Å². The number of hydrazone groups is 1. The summed E-state index contributed by atoms with van der Waals surface area (Å²) in [6.07, 6.45) is -0.645. The number of nitro groups is 1. The van der Waals surface area contributed by atoms with Gasteiger partial charge in [-0.05, 0) is 24.6 Å². The summed E-state index contributed by atoms with van der Waals surface area (Å²) in [5.41, 5.74) is 2.38. The van der Waals surface area contributed by atoms with Crippen LogP contribution in [0.4, 0.5) is 5.69 Å². The Balaban J connectivity index is 1.94. The van der Waals surface area contributed by atoms with Crippen molar-refractivity contribution in [3.05, 3.63) is 75.3 Å². The number of carbonyl (C=O) groups excluding carboxylic acids is 1. The van der Waals surface area contributed by atoms with Crippen LogP contribution in [0.15, 0.2) is 53.6 Å². The predicted molar refractivity (Wildman–Crippen MR) is 87.2 cm³/mol. The van der Waals surface area contributed by atoms with Crippen LogP contribution in [-0.2, 0) is 9.53 Å². The van der Waals surface area contributed by atoms with E-state index in [2.05, 4.69) is 5.10 Å². The van der Waals surface area contributed by atoms with E-state index in [1.165, 1.54) is 24.1 Å². The minimum absolute atomic E-state index is 0.0174. The minimum Gasteiger partial charge on any atom is -0.446 e. The zero-order valence-electron chi connectivity index (χ0n) is 13.2. The van der Waals surface area contributed by atoms with E-state index >= 15 is 0 Å². The molecule has 1 aliphatic heterocycles. The van der Waals surface area contributed by atoms with Crippen molar-refractivity contribution in [2.24, 2.45) is 5.10 Å². The molecule has 7 heteroatoms. The second-order valence-corrected chi connectivity index (χ2v) is 5.40. The van der Waals surface area contributed by atoms with Gasteiger partial charge < -0.3 is 4.74 Å². The van der Waals surface area contributed by atoms with Crippen LogP contribution in [0.5, 0.6) is 0 Å². The van der Waals surface area contributed by atoms with Crippen LogP contribution < -0.4 is 0 Å². The van der Waals surface area contributed by atoms with Crippen LogP contribution >= 0.6 is 0 Å². The second-order valence-electron chi connectivity index (χ2n) is 5.40. The molecule has 0 aromatic heterocycles. The van der Waals surface area contributed by atoms with Gasteiger partial charge in [-0.1, -0.05) is 24.3 Å². The number of hydrogen-bond donors (Lipinski definition) is 0. The first kappa shape index (κ1) is 15.7. The molecule has 1 amide bonds.